The fraction of sp³-hybridized carbons (Fsp3) is 0.650. The minimum atomic E-state index is -0.178. The number of aliphatic hydroxyl groups excluding tert-OH is 1. The molecule has 130 valence electrons. The van der Waals surface area contributed by atoms with Gasteiger partial charge in [0.05, 0.1) is 6.10 Å². The number of fused-ring (bicyclic) bond motifs is 2. The highest BCUT2D eigenvalue weighted by atomic mass is 16.3. The number of carbonyl (C=O) groups excluding carboxylic acids is 1. The average molecular weight is 328 g/mol. The maximum absolute atomic E-state index is 12.8. The number of hydrogen-bond donors (Lipinski definition) is 1. The van der Waals surface area contributed by atoms with Crippen molar-refractivity contribution in [2.24, 2.45) is 5.41 Å². The zero-order chi connectivity index (χ0) is 16.7. The van der Waals surface area contributed by atoms with Crippen LogP contribution < -0.4 is 4.90 Å². The Morgan fingerprint density at radius 2 is 2.12 bits per heavy atom. The molecule has 1 aliphatic carbocycles. The normalized spacial score (nSPS) is 31.9. The summed E-state index contributed by atoms with van der Waals surface area (Å²) in [6, 6.07) is 8.87. The maximum Gasteiger partial charge on any atom is 0.224 e. The third kappa shape index (κ3) is 2.71. The number of hydrogen-bond acceptors (Lipinski definition) is 3. The second-order valence-corrected chi connectivity index (χ2v) is 8.06. The summed E-state index contributed by atoms with van der Waals surface area (Å²) >= 11 is 0. The predicted octanol–water partition coefficient (Wildman–Crippen LogP) is 2.59. The molecule has 2 heterocycles. The lowest BCUT2D eigenvalue weighted by atomic mass is 9.71. The zero-order valence-electron chi connectivity index (χ0n) is 14.6. The van der Waals surface area contributed by atoms with Crippen molar-refractivity contribution in [1.82, 2.24) is 4.90 Å². The lowest BCUT2D eigenvalue weighted by Gasteiger charge is -2.41. The molecule has 4 heteroatoms. The van der Waals surface area contributed by atoms with Crippen molar-refractivity contribution in [2.45, 2.75) is 57.6 Å². The Hall–Kier alpha value is -1.55. The Morgan fingerprint density at radius 1 is 1.29 bits per heavy atom. The van der Waals surface area contributed by atoms with Crippen LogP contribution in [0.15, 0.2) is 24.3 Å². The van der Waals surface area contributed by atoms with Crippen LogP contribution in [0.3, 0.4) is 0 Å². The van der Waals surface area contributed by atoms with Gasteiger partial charge in [-0.1, -0.05) is 25.1 Å². The summed E-state index contributed by atoms with van der Waals surface area (Å²) in [6.45, 7) is 4.96. The van der Waals surface area contributed by atoms with Gasteiger partial charge >= 0.3 is 0 Å². The lowest BCUT2D eigenvalue weighted by Crippen LogP contribution is -2.46. The topological polar surface area (TPSA) is 43.8 Å². The van der Waals surface area contributed by atoms with Gasteiger partial charge in [0, 0.05) is 37.8 Å². The van der Waals surface area contributed by atoms with Crippen LogP contribution in [0.2, 0.25) is 0 Å². The van der Waals surface area contributed by atoms with E-state index in [2.05, 4.69) is 41.0 Å². The first-order valence-corrected chi connectivity index (χ1v) is 9.37. The van der Waals surface area contributed by atoms with E-state index in [9.17, 15) is 9.90 Å². The van der Waals surface area contributed by atoms with Crippen molar-refractivity contribution >= 4 is 11.6 Å². The summed E-state index contributed by atoms with van der Waals surface area (Å²) in [7, 11) is 0. The number of nitrogens with zero attached hydrogens (tertiary/aromatic N) is 2. The van der Waals surface area contributed by atoms with Crippen LogP contribution in [-0.4, -0.2) is 47.7 Å². The maximum atomic E-state index is 12.8. The Kier molecular flexibility index (Phi) is 4.03. The van der Waals surface area contributed by atoms with Crippen LogP contribution in [0.1, 0.15) is 44.6 Å². The quantitative estimate of drug-likeness (QED) is 0.927. The van der Waals surface area contributed by atoms with Crippen molar-refractivity contribution in [2.75, 3.05) is 24.5 Å². The number of amides is 1. The summed E-state index contributed by atoms with van der Waals surface area (Å²) in [5.41, 5.74) is 2.82. The van der Waals surface area contributed by atoms with Gasteiger partial charge in [-0.25, -0.2) is 0 Å². The monoisotopic (exact) mass is 328 g/mol. The van der Waals surface area contributed by atoms with Gasteiger partial charge in [0.2, 0.25) is 5.91 Å². The number of benzene rings is 1. The van der Waals surface area contributed by atoms with Gasteiger partial charge in [0.15, 0.2) is 0 Å². The lowest BCUT2D eigenvalue weighted by molar-refractivity contribution is -0.134. The molecule has 4 nitrogen and oxygen atoms in total. The van der Waals surface area contributed by atoms with E-state index < -0.39 is 0 Å². The molecule has 1 saturated heterocycles. The summed E-state index contributed by atoms with van der Waals surface area (Å²) < 4.78 is 0. The third-order valence-corrected chi connectivity index (χ3v) is 6.48. The van der Waals surface area contributed by atoms with Gasteiger partial charge in [-0.3, -0.25) is 4.79 Å². The SMILES string of the molecule is C[C@@]12CCN(C(=O)CCN3CCc4ccccc43)[C@@H]1CC[C@@H](O)C2. The average Bonchev–Trinajstić information content (AvgIpc) is 3.12. The second kappa shape index (κ2) is 6.07. The minimum Gasteiger partial charge on any atom is -0.393 e. The highest BCUT2D eigenvalue weighted by molar-refractivity contribution is 5.78. The number of aliphatic hydroxyl groups is 1. The standard InChI is InChI=1S/C20H28N2O2/c1-20-10-13-22(18(20)7-6-16(23)14-20)19(24)9-12-21-11-8-15-4-2-3-5-17(15)21/h2-5,16,18,23H,6-14H2,1H3/t16-,18-,20+/m1/s1. The van der Waals surface area contributed by atoms with E-state index in [0.29, 0.717) is 18.4 Å². The van der Waals surface area contributed by atoms with Gasteiger partial charge in [0.25, 0.3) is 0 Å². The van der Waals surface area contributed by atoms with E-state index in [1.165, 1.54) is 11.3 Å². The Morgan fingerprint density at radius 3 is 3.00 bits per heavy atom. The largest absolute Gasteiger partial charge is 0.393 e. The summed E-state index contributed by atoms with van der Waals surface area (Å²) in [5.74, 6) is 0.296. The van der Waals surface area contributed by atoms with E-state index in [1.807, 2.05) is 0 Å². The Labute approximate surface area is 144 Å². The molecule has 1 amide bonds. The number of carbonyl (C=O) groups is 1. The van der Waals surface area contributed by atoms with Crippen molar-refractivity contribution < 1.29 is 9.90 Å². The predicted molar refractivity (Wildman–Crippen MR) is 95.1 cm³/mol. The molecule has 3 atom stereocenters. The van der Waals surface area contributed by atoms with Crippen LogP contribution in [0, 0.1) is 5.41 Å². The van der Waals surface area contributed by atoms with E-state index in [1.54, 1.807) is 0 Å². The highest BCUT2D eigenvalue weighted by Crippen LogP contribution is 2.46. The molecule has 1 saturated carbocycles. The molecule has 0 bridgehead atoms. The fourth-order valence-electron chi connectivity index (χ4n) is 5.12. The number of rotatable bonds is 3. The van der Waals surface area contributed by atoms with Crippen LogP contribution in [0.25, 0.3) is 0 Å². The summed E-state index contributed by atoms with van der Waals surface area (Å²) in [5, 5.41) is 9.98. The van der Waals surface area contributed by atoms with E-state index in [0.717, 1.165) is 51.7 Å². The Bertz CT molecular complexity index is 632. The smallest absolute Gasteiger partial charge is 0.224 e. The zero-order valence-corrected chi connectivity index (χ0v) is 14.6. The number of para-hydroxylation sites is 1. The van der Waals surface area contributed by atoms with Crippen LogP contribution in [-0.2, 0) is 11.2 Å². The van der Waals surface area contributed by atoms with E-state index >= 15 is 0 Å². The van der Waals surface area contributed by atoms with Crippen molar-refractivity contribution in [3.8, 4) is 0 Å². The third-order valence-electron chi connectivity index (χ3n) is 6.48. The molecule has 1 N–H and O–H groups in total. The molecule has 2 fully saturated rings. The van der Waals surface area contributed by atoms with Crippen molar-refractivity contribution in [3.63, 3.8) is 0 Å². The fourth-order valence-corrected chi connectivity index (χ4v) is 5.12. The van der Waals surface area contributed by atoms with Gasteiger partial charge < -0.3 is 14.9 Å². The molecular weight excluding hydrogens is 300 g/mol. The van der Waals surface area contributed by atoms with Crippen LogP contribution >= 0.6 is 0 Å². The van der Waals surface area contributed by atoms with E-state index in [4.69, 9.17) is 0 Å². The molecule has 1 aromatic carbocycles. The van der Waals surface area contributed by atoms with Crippen molar-refractivity contribution in [1.29, 1.82) is 0 Å². The van der Waals surface area contributed by atoms with Gasteiger partial charge in [-0.05, 0) is 49.1 Å². The minimum absolute atomic E-state index is 0.119. The Balaban J connectivity index is 1.38. The first-order chi connectivity index (χ1) is 11.6. The highest BCUT2D eigenvalue weighted by Gasteiger charge is 2.48. The van der Waals surface area contributed by atoms with Crippen LogP contribution in [0.5, 0.6) is 0 Å². The van der Waals surface area contributed by atoms with Crippen molar-refractivity contribution in [3.05, 3.63) is 29.8 Å². The number of anilines is 1. The first-order valence-electron chi connectivity index (χ1n) is 9.37. The summed E-state index contributed by atoms with van der Waals surface area (Å²) in [6.07, 6.45) is 5.19. The second-order valence-electron chi connectivity index (χ2n) is 8.06. The number of likely N-dealkylation sites (tertiary alicyclic amines) is 1. The van der Waals surface area contributed by atoms with E-state index in [-0.39, 0.29) is 11.5 Å². The molecule has 0 unspecified atom stereocenters. The molecule has 0 radical (unpaired) electrons. The first kappa shape index (κ1) is 15.9. The van der Waals surface area contributed by atoms with Gasteiger partial charge in [-0.15, -0.1) is 0 Å². The molecule has 24 heavy (non-hydrogen) atoms. The molecule has 0 aromatic heterocycles. The molecular formula is C20H28N2O2. The molecule has 0 spiro atoms. The summed E-state index contributed by atoms with van der Waals surface area (Å²) in [4.78, 5) is 17.3. The molecule has 2 aliphatic heterocycles. The van der Waals surface area contributed by atoms with Crippen LogP contribution in [0.4, 0.5) is 5.69 Å². The molecule has 4 rings (SSSR count). The van der Waals surface area contributed by atoms with Gasteiger partial charge in [-0.2, -0.15) is 0 Å². The molecule has 1 aromatic rings. The van der Waals surface area contributed by atoms with Gasteiger partial charge in [0.1, 0.15) is 0 Å². The molecule has 3 aliphatic rings.